The molecule has 3 N–H and O–H groups in total. The first kappa shape index (κ1) is 16.9. The van der Waals surface area contributed by atoms with E-state index in [1.54, 1.807) is 6.20 Å². The van der Waals surface area contributed by atoms with Gasteiger partial charge >= 0.3 is 6.03 Å². The third-order valence-corrected chi connectivity index (χ3v) is 5.58. The van der Waals surface area contributed by atoms with Crippen LogP contribution < -0.4 is 10.6 Å². The summed E-state index contributed by atoms with van der Waals surface area (Å²) in [7, 11) is 0. The number of hydrogen-bond donors (Lipinski definition) is 3. The lowest BCUT2D eigenvalue weighted by atomic mass is 9.95. The number of anilines is 1. The first-order valence-corrected chi connectivity index (χ1v) is 9.58. The topological polar surface area (TPSA) is 69.8 Å². The van der Waals surface area contributed by atoms with Crippen molar-refractivity contribution in [3.63, 3.8) is 0 Å². The number of nitrogens with one attached hydrogen (secondary N) is 3. The van der Waals surface area contributed by atoms with Crippen LogP contribution >= 0.6 is 11.8 Å². The van der Waals surface area contributed by atoms with Gasteiger partial charge in [-0.05, 0) is 31.1 Å². The van der Waals surface area contributed by atoms with Crippen LogP contribution in [0.5, 0.6) is 0 Å². The lowest BCUT2D eigenvalue weighted by Crippen LogP contribution is -2.41. The number of aromatic nitrogens is 2. The van der Waals surface area contributed by atoms with Gasteiger partial charge in [0.2, 0.25) is 0 Å². The molecular formula is C18H24N4OS. The van der Waals surface area contributed by atoms with Crippen LogP contribution in [0.3, 0.4) is 0 Å². The number of benzene rings is 1. The second kappa shape index (κ2) is 8.24. The molecule has 1 saturated carbocycles. The van der Waals surface area contributed by atoms with Gasteiger partial charge in [0.1, 0.15) is 0 Å². The zero-order valence-corrected chi connectivity index (χ0v) is 14.7. The summed E-state index contributed by atoms with van der Waals surface area (Å²) in [6.45, 7) is 2.20. The van der Waals surface area contributed by atoms with Gasteiger partial charge in [0.15, 0.2) is 0 Å². The van der Waals surface area contributed by atoms with Gasteiger partial charge < -0.3 is 10.6 Å². The highest BCUT2D eigenvalue weighted by molar-refractivity contribution is 7.99. The van der Waals surface area contributed by atoms with Crippen molar-refractivity contribution in [3.05, 3.63) is 36.7 Å². The zero-order valence-electron chi connectivity index (χ0n) is 13.9. The molecule has 6 heteroatoms. The Morgan fingerprint density at radius 2 is 2.25 bits per heavy atom. The molecule has 0 saturated heterocycles. The van der Waals surface area contributed by atoms with Gasteiger partial charge in [-0.15, -0.1) is 0 Å². The number of carbonyl (C=O) groups excluding carboxylic acids is 1. The molecule has 1 aliphatic rings. The maximum atomic E-state index is 12.4. The van der Waals surface area contributed by atoms with Gasteiger partial charge in [0.25, 0.3) is 0 Å². The molecule has 2 amide bonds. The molecule has 0 spiro atoms. The van der Waals surface area contributed by atoms with Gasteiger partial charge in [0.05, 0.1) is 11.9 Å². The molecule has 0 unspecified atom stereocenters. The Bertz CT molecular complexity index is 657. The van der Waals surface area contributed by atoms with E-state index in [0.29, 0.717) is 5.25 Å². The second-order valence-electron chi connectivity index (χ2n) is 6.07. The van der Waals surface area contributed by atoms with Crippen molar-refractivity contribution in [3.8, 4) is 11.1 Å². The van der Waals surface area contributed by atoms with Crippen molar-refractivity contribution in [2.24, 2.45) is 0 Å². The molecule has 3 rings (SSSR count). The molecule has 0 aliphatic heterocycles. The van der Waals surface area contributed by atoms with Crippen LogP contribution in [0.25, 0.3) is 11.1 Å². The maximum Gasteiger partial charge on any atom is 0.319 e. The molecule has 24 heavy (non-hydrogen) atoms. The van der Waals surface area contributed by atoms with E-state index in [-0.39, 0.29) is 12.1 Å². The normalized spacial score (nSPS) is 20.5. The lowest BCUT2D eigenvalue weighted by Gasteiger charge is -2.29. The first-order chi connectivity index (χ1) is 11.8. The minimum absolute atomic E-state index is 0.127. The largest absolute Gasteiger partial charge is 0.335 e. The van der Waals surface area contributed by atoms with E-state index in [4.69, 9.17) is 0 Å². The average molecular weight is 344 g/mol. The van der Waals surface area contributed by atoms with Crippen LogP contribution in [0, 0.1) is 0 Å². The zero-order chi connectivity index (χ0) is 16.8. The van der Waals surface area contributed by atoms with Crippen LogP contribution in [-0.4, -0.2) is 33.3 Å². The maximum absolute atomic E-state index is 12.4. The van der Waals surface area contributed by atoms with E-state index in [1.807, 2.05) is 42.2 Å². The van der Waals surface area contributed by atoms with E-state index >= 15 is 0 Å². The van der Waals surface area contributed by atoms with Crippen LogP contribution in [0.15, 0.2) is 36.7 Å². The van der Waals surface area contributed by atoms with Crippen molar-refractivity contribution < 1.29 is 4.79 Å². The van der Waals surface area contributed by atoms with Gasteiger partial charge in [-0.3, -0.25) is 5.10 Å². The average Bonchev–Trinajstić information content (AvgIpc) is 3.10. The van der Waals surface area contributed by atoms with Crippen LogP contribution in [-0.2, 0) is 0 Å². The fourth-order valence-corrected chi connectivity index (χ4v) is 4.42. The van der Waals surface area contributed by atoms with Crippen molar-refractivity contribution in [1.82, 2.24) is 15.5 Å². The van der Waals surface area contributed by atoms with Crippen LogP contribution in [0.4, 0.5) is 10.5 Å². The third kappa shape index (κ3) is 4.32. The Kier molecular flexibility index (Phi) is 5.80. The summed E-state index contributed by atoms with van der Waals surface area (Å²) in [5.41, 5.74) is 2.72. The standard InChI is InChI=1S/C18H24N4OS/c1-2-24-15-7-5-6-14(10-15)21-18(23)22-17-9-4-3-8-16(17)13-11-19-20-12-13/h3-4,8-9,11-12,14-15H,2,5-7,10H2,1H3,(H,19,20)(H2,21,22,23)/t14-,15+/m1/s1. The third-order valence-electron chi connectivity index (χ3n) is 4.35. The van der Waals surface area contributed by atoms with E-state index in [1.165, 1.54) is 12.8 Å². The molecule has 1 heterocycles. The second-order valence-corrected chi connectivity index (χ2v) is 7.65. The molecule has 1 aromatic carbocycles. The van der Waals surface area contributed by atoms with Crippen molar-refractivity contribution in [2.45, 2.75) is 43.9 Å². The molecule has 2 atom stereocenters. The summed E-state index contributed by atoms with van der Waals surface area (Å²) in [5.74, 6) is 1.14. The van der Waals surface area contributed by atoms with Gasteiger partial charge in [-0.25, -0.2) is 4.79 Å². The van der Waals surface area contributed by atoms with Crippen LogP contribution in [0.2, 0.25) is 0 Å². The molecule has 1 aromatic heterocycles. The number of rotatable bonds is 5. The summed E-state index contributed by atoms with van der Waals surface area (Å²) in [6, 6.07) is 7.92. The van der Waals surface area contributed by atoms with Crippen molar-refractivity contribution in [1.29, 1.82) is 0 Å². The number of urea groups is 1. The fraction of sp³-hybridized carbons (Fsp3) is 0.444. The van der Waals surface area contributed by atoms with Crippen molar-refractivity contribution in [2.75, 3.05) is 11.1 Å². The molecule has 5 nitrogen and oxygen atoms in total. The quantitative estimate of drug-likeness (QED) is 0.759. The summed E-state index contributed by atoms with van der Waals surface area (Å²) in [4.78, 5) is 12.4. The predicted octanol–water partition coefficient (Wildman–Crippen LogP) is 4.26. The van der Waals surface area contributed by atoms with E-state index in [2.05, 4.69) is 27.8 Å². The number of H-pyrrole nitrogens is 1. The Balaban J connectivity index is 1.61. The number of carbonyl (C=O) groups is 1. The summed E-state index contributed by atoms with van der Waals surface area (Å²) in [6.07, 6.45) is 8.17. The smallest absolute Gasteiger partial charge is 0.319 e. The Hall–Kier alpha value is -1.95. The number of aromatic amines is 1. The Morgan fingerprint density at radius 3 is 3.04 bits per heavy atom. The minimum atomic E-state index is -0.127. The number of hydrogen-bond acceptors (Lipinski definition) is 3. The monoisotopic (exact) mass is 344 g/mol. The summed E-state index contributed by atoms with van der Waals surface area (Å²) >= 11 is 2.01. The molecule has 128 valence electrons. The number of amides is 2. The number of nitrogens with zero attached hydrogens (tertiary/aromatic N) is 1. The summed E-state index contributed by atoms with van der Waals surface area (Å²) < 4.78 is 0. The molecule has 0 radical (unpaired) electrons. The molecule has 2 aromatic rings. The van der Waals surface area contributed by atoms with Crippen LogP contribution in [0.1, 0.15) is 32.6 Å². The highest BCUT2D eigenvalue weighted by Crippen LogP contribution is 2.29. The minimum Gasteiger partial charge on any atom is -0.335 e. The predicted molar refractivity (Wildman–Crippen MR) is 100 cm³/mol. The molecular weight excluding hydrogens is 320 g/mol. The Labute approximate surface area is 147 Å². The fourth-order valence-electron chi connectivity index (χ4n) is 3.25. The SMILES string of the molecule is CCS[C@H]1CCC[C@@H](NC(=O)Nc2ccccc2-c2cn[nH]c2)C1. The summed E-state index contributed by atoms with van der Waals surface area (Å²) in [5, 5.41) is 13.6. The highest BCUT2D eigenvalue weighted by atomic mass is 32.2. The van der Waals surface area contributed by atoms with Gasteiger partial charge in [-0.2, -0.15) is 16.9 Å². The number of thioether (sulfide) groups is 1. The number of para-hydroxylation sites is 1. The molecule has 0 bridgehead atoms. The van der Waals surface area contributed by atoms with Crippen molar-refractivity contribution >= 4 is 23.5 Å². The highest BCUT2D eigenvalue weighted by Gasteiger charge is 2.23. The first-order valence-electron chi connectivity index (χ1n) is 8.53. The van der Waals surface area contributed by atoms with Gasteiger partial charge in [-0.1, -0.05) is 31.5 Å². The molecule has 1 aliphatic carbocycles. The molecule has 1 fully saturated rings. The van der Waals surface area contributed by atoms with E-state index < -0.39 is 0 Å². The Morgan fingerprint density at radius 1 is 1.38 bits per heavy atom. The van der Waals surface area contributed by atoms with Gasteiger partial charge in [0, 0.05) is 28.6 Å². The lowest BCUT2D eigenvalue weighted by molar-refractivity contribution is 0.244. The van der Waals surface area contributed by atoms with E-state index in [9.17, 15) is 4.79 Å². The van der Waals surface area contributed by atoms with E-state index in [0.717, 1.165) is 35.4 Å².